The Morgan fingerprint density at radius 2 is 2.06 bits per heavy atom. The van der Waals surface area contributed by atoms with E-state index >= 15 is 0 Å². The smallest absolute Gasteiger partial charge is 0.144 e. The Kier molecular flexibility index (Phi) is 3.18. The fourth-order valence-electron chi connectivity index (χ4n) is 2.05. The predicted octanol–water partition coefficient (Wildman–Crippen LogP) is 4.65. The van der Waals surface area contributed by atoms with Crippen molar-refractivity contribution < 1.29 is 4.74 Å². The number of hydrogen-bond acceptors (Lipinski definition) is 2. The molecule has 3 rings (SSSR count). The van der Waals surface area contributed by atoms with E-state index in [2.05, 4.69) is 27.3 Å². The number of hydrogen-bond donors (Lipinski definition) is 1. The van der Waals surface area contributed by atoms with Crippen LogP contribution in [0.15, 0.2) is 46.9 Å². The fraction of sp³-hybridized carbons (Fsp3) is 0.143. The standard InChI is InChI=1S/C14H11BrClNO/c15-11-4-2-1-3-10(11)14-8-17-12-6-5-9(16)7-13(12)18-14/h1-7,14,17H,8H2. The molecule has 0 saturated heterocycles. The molecule has 2 aromatic rings. The SMILES string of the molecule is Clc1ccc2c(c1)OC(c1ccccc1Br)CN2. The summed E-state index contributed by atoms with van der Waals surface area (Å²) in [7, 11) is 0. The van der Waals surface area contributed by atoms with Crippen molar-refractivity contribution in [2.75, 3.05) is 11.9 Å². The Balaban J connectivity index is 1.93. The Labute approximate surface area is 119 Å². The van der Waals surface area contributed by atoms with Gasteiger partial charge >= 0.3 is 0 Å². The molecule has 0 fully saturated rings. The number of benzene rings is 2. The number of nitrogens with one attached hydrogen (secondary N) is 1. The van der Waals surface area contributed by atoms with Crippen molar-refractivity contribution in [3.8, 4) is 5.75 Å². The molecule has 1 aliphatic heterocycles. The van der Waals surface area contributed by atoms with Crippen molar-refractivity contribution in [1.82, 2.24) is 0 Å². The number of ether oxygens (including phenoxy) is 1. The average molecular weight is 325 g/mol. The first-order chi connectivity index (χ1) is 8.74. The fourth-order valence-corrected chi connectivity index (χ4v) is 2.75. The van der Waals surface area contributed by atoms with Gasteiger partial charge in [-0.15, -0.1) is 0 Å². The molecule has 1 N–H and O–H groups in total. The molecule has 0 radical (unpaired) electrons. The van der Waals surface area contributed by atoms with Gasteiger partial charge in [0.2, 0.25) is 0 Å². The Hall–Kier alpha value is -1.19. The number of fused-ring (bicyclic) bond motifs is 1. The summed E-state index contributed by atoms with van der Waals surface area (Å²) in [5.74, 6) is 0.800. The van der Waals surface area contributed by atoms with Crippen LogP contribution in [0.1, 0.15) is 11.7 Å². The maximum absolute atomic E-state index is 6.00. The van der Waals surface area contributed by atoms with Gasteiger partial charge < -0.3 is 10.1 Å². The van der Waals surface area contributed by atoms with E-state index in [9.17, 15) is 0 Å². The van der Waals surface area contributed by atoms with Gasteiger partial charge in [0, 0.05) is 21.1 Å². The number of halogens is 2. The van der Waals surface area contributed by atoms with E-state index in [0.29, 0.717) is 5.02 Å². The molecule has 0 amide bonds. The lowest BCUT2D eigenvalue weighted by Crippen LogP contribution is -2.23. The van der Waals surface area contributed by atoms with Crippen molar-refractivity contribution in [2.24, 2.45) is 0 Å². The van der Waals surface area contributed by atoms with E-state index in [1.54, 1.807) is 0 Å². The first-order valence-electron chi connectivity index (χ1n) is 5.68. The molecule has 0 spiro atoms. The van der Waals surface area contributed by atoms with Gasteiger partial charge in [-0.25, -0.2) is 0 Å². The van der Waals surface area contributed by atoms with Crippen LogP contribution in [-0.2, 0) is 0 Å². The van der Waals surface area contributed by atoms with Crippen molar-refractivity contribution in [3.63, 3.8) is 0 Å². The largest absolute Gasteiger partial charge is 0.482 e. The van der Waals surface area contributed by atoms with Crippen molar-refractivity contribution in [3.05, 3.63) is 57.5 Å². The monoisotopic (exact) mass is 323 g/mol. The van der Waals surface area contributed by atoms with Crippen molar-refractivity contribution in [2.45, 2.75) is 6.10 Å². The minimum absolute atomic E-state index is 0.00783. The molecule has 1 atom stereocenters. The molecule has 0 saturated carbocycles. The van der Waals surface area contributed by atoms with Gasteiger partial charge in [0.25, 0.3) is 0 Å². The third kappa shape index (κ3) is 2.20. The lowest BCUT2D eigenvalue weighted by Gasteiger charge is -2.28. The molecular weight excluding hydrogens is 314 g/mol. The van der Waals surface area contributed by atoms with Crippen LogP contribution in [0, 0.1) is 0 Å². The van der Waals surface area contributed by atoms with E-state index in [0.717, 1.165) is 28.0 Å². The molecule has 92 valence electrons. The number of rotatable bonds is 1. The zero-order chi connectivity index (χ0) is 12.5. The Bertz CT molecular complexity index is 588. The van der Waals surface area contributed by atoms with Gasteiger partial charge in [-0.05, 0) is 18.2 Å². The molecule has 0 aliphatic carbocycles. The van der Waals surface area contributed by atoms with Crippen LogP contribution in [0.2, 0.25) is 5.02 Å². The van der Waals surface area contributed by atoms with Crippen LogP contribution in [0.25, 0.3) is 0 Å². The highest BCUT2D eigenvalue weighted by Gasteiger charge is 2.22. The van der Waals surface area contributed by atoms with E-state index < -0.39 is 0 Å². The van der Waals surface area contributed by atoms with Crippen LogP contribution in [0.5, 0.6) is 5.75 Å². The second-order valence-corrected chi connectivity index (χ2v) is 5.44. The van der Waals surface area contributed by atoms with Crippen molar-refractivity contribution in [1.29, 1.82) is 0 Å². The minimum Gasteiger partial charge on any atom is -0.482 e. The van der Waals surface area contributed by atoms with Crippen LogP contribution in [0.3, 0.4) is 0 Å². The molecular formula is C14H11BrClNO. The van der Waals surface area contributed by atoms with Gasteiger partial charge in [0.05, 0.1) is 12.2 Å². The van der Waals surface area contributed by atoms with Crippen molar-refractivity contribution >= 4 is 33.2 Å². The van der Waals surface area contributed by atoms with Crippen LogP contribution in [-0.4, -0.2) is 6.54 Å². The Morgan fingerprint density at radius 3 is 2.89 bits per heavy atom. The highest BCUT2D eigenvalue weighted by atomic mass is 79.9. The summed E-state index contributed by atoms with van der Waals surface area (Å²) in [4.78, 5) is 0. The average Bonchev–Trinajstić information content (AvgIpc) is 2.38. The topological polar surface area (TPSA) is 21.3 Å². The summed E-state index contributed by atoms with van der Waals surface area (Å²) in [5, 5.41) is 4.04. The highest BCUT2D eigenvalue weighted by molar-refractivity contribution is 9.10. The maximum atomic E-state index is 6.00. The molecule has 2 nitrogen and oxygen atoms in total. The lowest BCUT2D eigenvalue weighted by atomic mass is 10.1. The van der Waals surface area contributed by atoms with Gasteiger partial charge in [0.1, 0.15) is 11.9 Å². The zero-order valence-electron chi connectivity index (χ0n) is 9.49. The van der Waals surface area contributed by atoms with Gasteiger partial charge in [-0.2, -0.15) is 0 Å². The van der Waals surface area contributed by atoms with Gasteiger partial charge in [0.15, 0.2) is 0 Å². The summed E-state index contributed by atoms with van der Waals surface area (Å²) in [6.45, 7) is 0.747. The molecule has 4 heteroatoms. The predicted molar refractivity (Wildman–Crippen MR) is 77.5 cm³/mol. The van der Waals surface area contributed by atoms with Crippen LogP contribution < -0.4 is 10.1 Å². The summed E-state index contributed by atoms with van der Waals surface area (Å²) in [6, 6.07) is 13.7. The number of anilines is 1. The molecule has 0 bridgehead atoms. The molecule has 0 aromatic heterocycles. The van der Waals surface area contributed by atoms with Gasteiger partial charge in [-0.1, -0.05) is 45.7 Å². The zero-order valence-corrected chi connectivity index (χ0v) is 11.8. The van der Waals surface area contributed by atoms with E-state index in [1.807, 2.05) is 36.4 Å². The van der Waals surface area contributed by atoms with Crippen LogP contribution >= 0.6 is 27.5 Å². The van der Waals surface area contributed by atoms with E-state index in [4.69, 9.17) is 16.3 Å². The second-order valence-electron chi connectivity index (χ2n) is 4.15. The highest BCUT2D eigenvalue weighted by Crippen LogP contribution is 2.37. The molecule has 1 aliphatic rings. The maximum Gasteiger partial charge on any atom is 0.144 e. The van der Waals surface area contributed by atoms with E-state index in [-0.39, 0.29) is 6.10 Å². The molecule has 18 heavy (non-hydrogen) atoms. The van der Waals surface area contributed by atoms with Crippen LogP contribution in [0.4, 0.5) is 5.69 Å². The molecule has 1 heterocycles. The second kappa shape index (κ2) is 4.82. The third-order valence-electron chi connectivity index (χ3n) is 2.94. The lowest BCUT2D eigenvalue weighted by molar-refractivity contribution is 0.210. The summed E-state index contributed by atoms with van der Waals surface area (Å²) >= 11 is 9.54. The quantitative estimate of drug-likeness (QED) is 0.824. The summed E-state index contributed by atoms with van der Waals surface area (Å²) < 4.78 is 7.06. The minimum atomic E-state index is -0.00783. The summed E-state index contributed by atoms with van der Waals surface area (Å²) in [5.41, 5.74) is 2.12. The summed E-state index contributed by atoms with van der Waals surface area (Å²) in [6.07, 6.45) is -0.00783. The normalized spacial score (nSPS) is 17.6. The first-order valence-corrected chi connectivity index (χ1v) is 6.85. The first kappa shape index (κ1) is 11.9. The molecule has 2 aromatic carbocycles. The Morgan fingerprint density at radius 1 is 1.22 bits per heavy atom. The van der Waals surface area contributed by atoms with Gasteiger partial charge in [-0.3, -0.25) is 0 Å². The third-order valence-corrected chi connectivity index (χ3v) is 3.90. The van der Waals surface area contributed by atoms with E-state index in [1.165, 1.54) is 0 Å². The molecule has 1 unspecified atom stereocenters.